The van der Waals surface area contributed by atoms with Gasteiger partial charge in [0.25, 0.3) is 0 Å². The van der Waals surface area contributed by atoms with Crippen molar-refractivity contribution >= 4 is 17.7 Å². The van der Waals surface area contributed by atoms with Gasteiger partial charge >= 0.3 is 0 Å². The van der Waals surface area contributed by atoms with Crippen molar-refractivity contribution in [3.05, 3.63) is 29.8 Å². The number of unbranched alkanes of at least 4 members (excludes halogenated alkanes) is 1. The van der Waals surface area contributed by atoms with Crippen molar-refractivity contribution in [3.8, 4) is 0 Å². The van der Waals surface area contributed by atoms with Crippen LogP contribution in [0.4, 0.5) is 0 Å². The minimum absolute atomic E-state index is 0.0168. The van der Waals surface area contributed by atoms with Crippen molar-refractivity contribution in [1.82, 2.24) is 5.32 Å². The van der Waals surface area contributed by atoms with Gasteiger partial charge in [0.2, 0.25) is 5.91 Å². The quantitative estimate of drug-likeness (QED) is 0.840. The van der Waals surface area contributed by atoms with Gasteiger partial charge in [-0.1, -0.05) is 38.0 Å². The summed E-state index contributed by atoms with van der Waals surface area (Å²) in [5, 5.41) is 3.11. The first-order valence-electron chi connectivity index (χ1n) is 6.98. The molecule has 0 saturated carbocycles. The zero-order valence-corrected chi connectivity index (χ0v) is 12.2. The molecule has 0 aromatic heterocycles. The second kappa shape index (κ2) is 6.96. The summed E-state index contributed by atoms with van der Waals surface area (Å²) in [7, 11) is 0. The molecular weight excluding hydrogens is 256 g/mol. The molecule has 0 bridgehead atoms. The molecule has 2 unspecified atom stereocenters. The molecule has 1 amide bonds. The number of thioether (sulfide) groups is 1. The van der Waals surface area contributed by atoms with Crippen molar-refractivity contribution in [2.24, 2.45) is 5.73 Å². The predicted octanol–water partition coefficient (Wildman–Crippen LogP) is 2.51. The number of nitrogens with one attached hydrogen (secondary N) is 1. The zero-order valence-electron chi connectivity index (χ0n) is 11.4. The predicted molar refractivity (Wildman–Crippen MR) is 80.4 cm³/mol. The Labute approximate surface area is 119 Å². The molecule has 3 N–H and O–H groups in total. The van der Waals surface area contributed by atoms with Gasteiger partial charge in [0.15, 0.2) is 0 Å². The van der Waals surface area contributed by atoms with Gasteiger partial charge in [-0.25, -0.2) is 0 Å². The summed E-state index contributed by atoms with van der Waals surface area (Å²) in [6, 6.07) is 8.29. The van der Waals surface area contributed by atoms with E-state index in [4.69, 9.17) is 5.73 Å². The fourth-order valence-electron chi connectivity index (χ4n) is 2.38. The second-order valence-electron chi connectivity index (χ2n) is 4.98. The third-order valence-corrected chi connectivity index (χ3v) is 4.74. The van der Waals surface area contributed by atoms with Gasteiger partial charge in [-0.2, -0.15) is 0 Å². The van der Waals surface area contributed by atoms with Gasteiger partial charge in [0, 0.05) is 23.2 Å². The number of benzene rings is 1. The molecule has 1 aliphatic heterocycles. The third kappa shape index (κ3) is 3.51. The van der Waals surface area contributed by atoms with Crippen molar-refractivity contribution in [3.63, 3.8) is 0 Å². The summed E-state index contributed by atoms with van der Waals surface area (Å²) in [6.07, 6.45) is 3.22. The highest BCUT2D eigenvalue weighted by molar-refractivity contribution is 7.99. The highest BCUT2D eigenvalue weighted by Gasteiger charge is 2.29. The minimum atomic E-state index is -0.0168. The van der Waals surface area contributed by atoms with Crippen LogP contribution in [0.5, 0.6) is 0 Å². The normalized spacial score (nSPS) is 18.9. The number of rotatable bonds is 6. The number of fused-ring (bicyclic) bond motifs is 1. The van der Waals surface area contributed by atoms with E-state index in [2.05, 4.69) is 24.4 Å². The van der Waals surface area contributed by atoms with E-state index < -0.39 is 0 Å². The number of hydrogen-bond donors (Lipinski definition) is 2. The lowest BCUT2D eigenvalue weighted by Gasteiger charge is -2.19. The molecule has 1 aliphatic rings. The Morgan fingerprint density at radius 3 is 3.05 bits per heavy atom. The van der Waals surface area contributed by atoms with Gasteiger partial charge < -0.3 is 11.1 Å². The summed E-state index contributed by atoms with van der Waals surface area (Å²) in [5.41, 5.74) is 6.90. The van der Waals surface area contributed by atoms with Crippen molar-refractivity contribution in [2.45, 2.75) is 43.0 Å². The molecule has 0 fully saturated rings. The second-order valence-corrected chi connectivity index (χ2v) is 6.05. The Morgan fingerprint density at radius 1 is 1.53 bits per heavy atom. The first kappa shape index (κ1) is 14.4. The molecule has 1 heterocycles. The average molecular weight is 278 g/mol. The van der Waals surface area contributed by atoms with Crippen LogP contribution in [0.15, 0.2) is 29.2 Å². The van der Waals surface area contributed by atoms with Crippen LogP contribution in [0.25, 0.3) is 0 Å². The maximum atomic E-state index is 12.4. The fraction of sp³-hybridized carbons (Fsp3) is 0.533. The van der Waals surface area contributed by atoms with Crippen LogP contribution >= 0.6 is 11.8 Å². The van der Waals surface area contributed by atoms with Crippen molar-refractivity contribution < 1.29 is 4.79 Å². The number of carbonyl (C=O) groups is 1. The monoisotopic (exact) mass is 278 g/mol. The number of amides is 1. The van der Waals surface area contributed by atoms with Crippen LogP contribution in [-0.4, -0.2) is 24.2 Å². The van der Waals surface area contributed by atoms with E-state index in [1.165, 1.54) is 4.90 Å². The summed E-state index contributed by atoms with van der Waals surface area (Å²) in [4.78, 5) is 13.6. The van der Waals surface area contributed by atoms with E-state index in [0.717, 1.165) is 30.6 Å². The van der Waals surface area contributed by atoms with Gasteiger partial charge in [-0.15, -0.1) is 11.8 Å². The van der Waals surface area contributed by atoms with E-state index in [1.807, 2.05) is 12.1 Å². The molecule has 0 spiro atoms. The molecule has 104 valence electrons. The number of carbonyl (C=O) groups excluding carboxylic acids is 1. The maximum Gasteiger partial charge on any atom is 0.228 e. The lowest BCUT2D eigenvalue weighted by Crippen LogP contribution is -2.42. The van der Waals surface area contributed by atoms with Crippen LogP contribution in [-0.2, 0) is 4.79 Å². The summed E-state index contributed by atoms with van der Waals surface area (Å²) in [5.74, 6) is 0.955. The van der Waals surface area contributed by atoms with Gasteiger partial charge in [-0.3, -0.25) is 4.79 Å². The van der Waals surface area contributed by atoms with E-state index >= 15 is 0 Å². The topological polar surface area (TPSA) is 55.1 Å². The minimum Gasteiger partial charge on any atom is -0.352 e. The molecular formula is C15H22N2OS. The maximum absolute atomic E-state index is 12.4. The Hall–Kier alpha value is -1.00. The lowest BCUT2D eigenvalue weighted by molar-refractivity contribution is -0.122. The first-order valence-corrected chi connectivity index (χ1v) is 7.97. The van der Waals surface area contributed by atoms with E-state index in [0.29, 0.717) is 6.54 Å². The van der Waals surface area contributed by atoms with E-state index in [1.54, 1.807) is 11.8 Å². The van der Waals surface area contributed by atoms with Crippen LogP contribution in [0.1, 0.15) is 37.7 Å². The first-order chi connectivity index (χ1) is 9.26. The van der Waals surface area contributed by atoms with Crippen molar-refractivity contribution in [1.29, 1.82) is 0 Å². The highest BCUT2D eigenvalue weighted by atomic mass is 32.2. The molecule has 2 rings (SSSR count). The SMILES string of the molecule is CCCCC(CN)NC(=O)C1CSc2ccccc21. The lowest BCUT2D eigenvalue weighted by atomic mass is 9.99. The van der Waals surface area contributed by atoms with Crippen LogP contribution in [0.2, 0.25) is 0 Å². The molecule has 19 heavy (non-hydrogen) atoms. The average Bonchev–Trinajstić information content (AvgIpc) is 2.87. The standard InChI is InChI=1S/C15H22N2OS/c1-2-3-6-11(9-16)17-15(18)13-10-19-14-8-5-4-7-12(13)14/h4-5,7-8,11,13H,2-3,6,9-10,16H2,1H3,(H,17,18). The molecule has 1 aromatic rings. The molecule has 2 atom stereocenters. The van der Waals surface area contributed by atoms with Gasteiger partial charge in [-0.05, 0) is 18.1 Å². The van der Waals surface area contributed by atoms with Gasteiger partial charge in [0.05, 0.1) is 5.92 Å². The Balaban J connectivity index is 1.97. The fourth-order valence-corrected chi connectivity index (χ4v) is 3.61. The number of hydrogen-bond acceptors (Lipinski definition) is 3. The molecule has 0 radical (unpaired) electrons. The van der Waals surface area contributed by atoms with Crippen molar-refractivity contribution in [2.75, 3.05) is 12.3 Å². The largest absolute Gasteiger partial charge is 0.352 e. The third-order valence-electron chi connectivity index (χ3n) is 3.55. The summed E-state index contributed by atoms with van der Waals surface area (Å²) < 4.78 is 0. The smallest absolute Gasteiger partial charge is 0.228 e. The summed E-state index contributed by atoms with van der Waals surface area (Å²) in [6.45, 7) is 2.67. The van der Waals surface area contributed by atoms with Crippen LogP contribution in [0, 0.1) is 0 Å². The van der Waals surface area contributed by atoms with Gasteiger partial charge in [0.1, 0.15) is 0 Å². The number of nitrogens with two attached hydrogens (primary N) is 1. The van der Waals surface area contributed by atoms with Crippen LogP contribution in [0.3, 0.4) is 0 Å². The highest BCUT2D eigenvalue weighted by Crippen LogP contribution is 2.39. The Kier molecular flexibility index (Phi) is 5.28. The molecule has 4 heteroatoms. The van der Waals surface area contributed by atoms with Crippen LogP contribution < -0.4 is 11.1 Å². The zero-order chi connectivity index (χ0) is 13.7. The van der Waals surface area contributed by atoms with E-state index in [-0.39, 0.29) is 17.9 Å². The Morgan fingerprint density at radius 2 is 2.32 bits per heavy atom. The molecule has 0 saturated heterocycles. The van der Waals surface area contributed by atoms with E-state index in [9.17, 15) is 4.79 Å². The molecule has 1 aromatic carbocycles. The molecule has 3 nitrogen and oxygen atoms in total. The Bertz CT molecular complexity index is 436. The summed E-state index contributed by atoms with van der Waals surface area (Å²) >= 11 is 1.76. The molecule has 0 aliphatic carbocycles.